The van der Waals surface area contributed by atoms with Crippen molar-refractivity contribution in [1.82, 2.24) is 19.7 Å². The number of carbonyl (C=O) groups excluding carboxylic acids is 1. The van der Waals surface area contributed by atoms with Crippen LogP contribution in [-0.4, -0.2) is 69.6 Å². The van der Waals surface area contributed by atoms with Crippen LogP contribution in [0.2, 0.25) is 0 Å². The van der Waals surface area contributed by atoms with Crippen LogP contribution in [0.15, 0.2) is 28.3 Å². The van der Waals surface area contributed by atoms with E-state index in [2.05, 4.69) is 37.1 Å². The van der Waals surface area contributed by atoms with Crippen LogP contribution >= 0.6 is 0 Å². The molecular weight excluding hydrogens is 466 g/mol. The summed E-state index contributed by atoms with van der Waals surface area (Å²) < 4.78 is 7.55. The summed E-state index contributed by atoms with van der Waals surface area (Å²) in [6, 6.07) is 4.27. The van der Waals surface area contributed by atoms with E-state index in [1.165, 1.54) is 17.0 Å². The topological polar surface area (TPSA) is 88.2 Å². The number of piperazine rings is 1. The highest BCUT2D eigenvalue weighted by Crippen LogP contribution is 2.41. The SMILES string of the molecule is CC(C)c1c2c(nn1C)CCC1C=NC(Cc3ccc(N4CCN(C(=O)OC(C)(C)C)CC4)cn3)=NC21. The maximum absolute atomic E-state index is 12.3. The van der Waals surface area contributed by atoms with Gasteiger partial charge in [-0.2, -0.15) is 5.10 Å². The van der Waals surface area contributed by atoms with Gasteiger partial charge in [0.25, 0.3) is 0 Å². The summed E-state index contributed by atoms with van der Waals surface area (Å²) in [5, 5.41) is 4.81. The van der Waals surface area contributed by atoms with Gasteiger partial charge in [0, 0.05) is 68.7 Å². The molecule has 2 aromatic rings. The number of anilines is 1. The molecule has 0 bridgehead atoms. The summed E-state index contributed by atoms with van der Waals surface area (Å²) in [6.45, 7) is 12.9. The van der Waals surface area contributed by atoms with Gasteiger partial charge < -0.3 is 14.5 Å². The number of aliphatic imine (C=N–C) groups is 2. The van der Waals surface area contributed by atoms with Crippen LogP contribution < -0.4 is 4.90 Å². The molecule has 2 atom stereocenters. The number of amidine groups is 1. The Hall–Kier alpha value is -3.23. The average Bonchev–Trinajstić information content (AvgIpc) is 3.20. The monoisotopic (exact) mass is 505 g/mol. The highest BCUT2D eigenvalue weighted by atomic mass is 16.6. The first-order chi connectivity index (χ1) is 17.6. The van der Waals surface area contributed by atoms with Crippen molar-refractivity contribution >= 4 is 23.8 Å². The Balaban J connectivity index is 1.23. The highest BCUT2D eigenvalue weighted by molar-refractivity contribution is 5.93. The largest absolute Gasteiger partial charge is 0.444 e. The number of hydrogen-bond donors (Lipinski definition) is 0. The molecule has 0 radical (unpaired) electrons. The zero-order valence-electron chi connectivity index (χ0n) is 22.9. The van der Waals surface area contributed by atoms with E-state index in [9.17, 15) is 4.79 Å². The minimum absolute atomic E-state index is 0.0999. The lowest BCUT2D eigenvalue weighted by Gasteiger charge is -2.36. The molecule has 1 amide bonds. The van der Waals surface area contributed by atoms with Gasteiger partial charge in [-0.3, -0.25) is 14.7 Å². The van der Waals surface area contributed by atoms with Gasteiger partial charge in [0.1, 0.15) is 11.4 Å². The highest BCUT2D eigenvalue weighted by Gasteiger charge is 2.36. The van der Waals surface area contributed by atoms with Crippen molar-refractivity contribution in [3.8, 4) is 0 Å². The van der Waals surface area contributed by atoms with Gasteiger partial charge in [-0.05, 0) is 51.7 Å². The Morgan fingerprint density at radius 2 is 1.92 bits per heavy atom. The first kappa shape index (κ1) is 25.4. The van der Waals surface area contributed by atoms with Gasteiger partial charge in [0.05, 0.1) is 23.6 Å². The summed E-state index contributed by atoms with van der Waals surface area (Å²) in [7, 11) is 2.05. The lowest BCUT2D eigenvalue weighted by Crippen LogP contribution is -2.50. The number of amides is 1. The molecule has 2 aliphatic heterocycles. The molecule has 9 nitrogen and oxygen atoms in total. The Morgan fingerprint density at radius 3 is 2.57 bits per heavy atom. The Kier molecular flexibility index (Phi) is 6.81. The molecule has 0 spiro atoms. The van der Waals surface area contributed by atoms with E-state index in [1.54, 1.807) is 4.90 Å². The number of aryl methyl sites for hydroxylation is 2. The van der Waals surface area contributed by atoms with E-state index in [0.29, 0.717) is 31.3 Å². The molecule has 3 aliphatic rings. The van der Waals surface area contributed by atoms with Crippen molar-refractivity contribution in [2.75, 3.05) is 31.1 Å². The van der Waals surface area contributed by atoms with Crippen LogP contribution in [0, 0.1) is 5.92 Å². The molecule has 9 heteroatoms. The van der Waals surface area contributed by atoms with Crippen molar-refractivity contribution in [3.63, 3.8) is 0 Å². The minimum atomic E-state index is -0.477. The molecule has 198 valence electrons. The van der Waals surface area contributed by atoms with Crippen LogP contribution in [0.4, 0.5) is 10.5 Å². The zero-order chi connectivity index (χ0) is 26.3. The molecule has 0 saturated carbocycles. The van der Waals surface area contributed by atoms with Gasteiger partial charge in [0.2, 0.25) is 0 Å². The first-order valence-corrected chi connectivity index (χ1v) is 13.4. The van der Waals surface area contributed by atoms with E-state index >= 15 is 0 Å². The number of carbonyl (C=O) groups is 1. The molecule has 5 rings (SSSR count). The summed E-state index contributed by atoms with van der Waals surface area (Å²) in [6.07, 6.45) is 6.42. The van der Waals surface area contributed by atoms with Gasteiger partial charge >= 0.3 is 6.09 Å². The first-order valence-electron chi connectivity index (χ1n) is 13.4. The molecule has 1 fully saturated rings. The number of ether oxygens (including phenoxy) is 1. The normalized spacial score (nSPS) is 21.5. The maximum atomic E-state index is 12.3. The van der Waals surface area contributed by atoms with Crippen molar-refractivity contribution in [2.45, 2.75) is 71.4 Å². The number of fused-ring (bicyclic) bond motifs is 3. The third kappa shape index (κ3) is 5.40. The van der Waals surface area contributed by atoms with E-state index in [4.69, 9.17) is 24.8 Å². The van der Waals surface area contributed by atoms with Crippen LogP contribution in [0.25, 0.3) is 0 Å². The Morgan fingerprint density at radius 1 is 1.16 bits per heavy atom. The summed E-state index contributed by atoms with van der Waals surface area (Å²) in [5.41, 5.74) is 5.34. The third-order valence-corrected chi connectivity index (χ3v) is 7.32. The molecule has 2 unspecified atom stereocenters. The second-order valence-electron chi connectivity index (χ2n) is 11.6. The predicted octanol–water partition coefficient (Wildman–Crippen LogP) is 4.32. The molecule has 0 aromatic carbocycles. The van der Waals surface area contributed by atoms with E-state index in [-0.39, 0.29) is 12.1 Å². The number of nitrogens with zero attached hydrogens (tertiary/aromatic N) is 7. The van der Waals surface area contributed by atoms with Gasteiger partial charge in [-0.1, -0.05) is 13.8 Å². The standard InChI is InChI=1S/C28H39N7O2/c1-18(2)26-24-22(32-33(26)6)10-7-19-16-30-23(31-25(19)24)15-20-8-9-21(17-29-20)34-11-13-35(14-12-34)27(36)37-28(3,4)5/h8-9,16-19,25H,7,10-15H2,1-6H3. The Labute approximate surface area is 219 Å². The zero-order valence-corrected chi connectivity index (χ0v) is 22.9. The molecule has 1 aliphatic carbocycles. The van der Waals surface area contributed by atoms with E-state index < -0.39 is 5.60 Å². The van der Waals surface area contributed by atoms with Crippen LogP contribution in [0.3, 0.4) is 0 Å². The maximum Gasteiger partial charge on any atom is 0.410 e. The average molecular weight is 506 g/mol. The van der Waals surface area contributed by atoms with Crippen molar-refractivity contribution in [1.29, 1.82) is 0 Å². The van der Waals surface area contributed by atoms with Gasteiger partial charge in [-0.25, -0.2) is 9.79 Å². The lowest BCUT2D eigenvalue weighted by atomic mass is 9.80. The predicted molar refractivity (Wildman–Crippen MR) is 146 cm³/mol. The lowest BCUT2D eigenvalue weighted by molar-refractivity contribution is 0.0240. The Bertz CT molecular complexity index is 1200. The van der Waals surface area contributed by atoms with Crippen LogP contribution in [-0.2, 0) is 24.6 Å². The summed E-state index contributed by atoms with van der Waals surface area (Å²) in [4.78, 5) is 31.0. The molecule has 37 heavy (non-hydrogen) atoms. The molecular formula is C28H39N7O2. The van der Waals surface area contributed by atoms with E-state index in [1.807, 2.05) is 38.7 Å². The summed E-state index contributed by atoms with van der Waals surface area (Å²) >= 11 is 0. The fraction of sp³-hybridized carbons (Fsp3) is 0.607. The van der Waals surface area contributed by atoms with Crippen molar-refractivity contribution < 1.29 is 9.53 Å². The molecule has 0 N–H and O–H groups in total. The van der Waals surface area contributed by atoms with E-state index in [0.717, 1.165) is 43.1 Å². The van der Waals surface area contributed by atoms with Crippen LogP contribution in [0.5, 0.6) is 0 Å². The fourth-order valence-electron chi connectivity index (χ4n) is 5.61. The second-order valence-corrected chi connectivity index (χ2v) is 11.6. The molecule has 2 aromatic heterocycles. The quantitative estimate of drug-likeness (QED) is 0.617. The molecule has 1 saturated heterocycles. The van der Waals surface area contributed by atoms with Crippen LogP contribution in [0.1, 0.15) is 75.6 Å². The number of pyridine rings is 1. The number of aromatic nitrogens is 3. The fourth-order valence-corrected chi connectivity index (χ4v) is 5.61. The number of hydrogen-bond acceptors (Lipinski definition) is 7. The smallest absolute Gasteiger partial charge is 0.410 e. The minimum Gasteiger partial charge on any atom is -0.444 e. The second kappa shape index (κ2) is 9.91. The number of rotatable bonds is 4. The van der Waals surface area contributed by atoms with Crippen molar-refractivity contribution in [3.05, 3.63) is 41.0 Å². The molecule has 4 heterocycles. The third-order valence-electron chi connectivity index (χ3n) is 7.32. The van der Waals surface area contributed by atoms with Gasteiger partial charge in [0.15, 0.2) is 0 Å². The van der Waals surface area contributed by atoms with Gasteiger partial charge in [-0.15, -0.1) is 0 Å². The van der Waals surface area contributed by atoms with Crippen molar-refractivity contribution in [2.24, 2.45) is 23.0 Å². The summed E-state index contributed by atoms with van der Waals surface area (Å²) in [5.74, 6) is 1.57.